The number of ether oxygens (including phenoxy) is 1. The van der Waals surface area contributed by atoms with Crippen LogP contribution in [0.4, 0.5) is 0 Å². The first kappa shape index (κ1) is 19.0. The van der Waals surface area contributed by atoms with E-state index in [4.69, 9.17) is 4.74 Å². The van der Waals surface area contributed by atoms with Gasteiger partial charge in [-0.3, -0.25) is 0 Å². The third-order valence-corrected chi connectivity index (χ3v) is 5.84. The van der Waals surface area contributed by atoms with Gasteiger partial charge in [-0.25, -0.2) is 9.59 Å². The second-order valence-electron chi connectivity index (χ2n) is 7.66. The van der Waals surface area contributed by atoms with Crippen LogP contribution in [-0.4, -0.2) is 27.3 Å². The molecule has 1 aliphatic heterocycles. The van der Waals surface area contributed by atoms with E-state index in [1.165, 1.54) is 18.2 Å². The number of aliphatic hydroxyl groups is 1. The maximum atomic E-state index is 13.4. The average Bonchev–Trinajstić information content (AvgIpc) is 2.87. The van der Waals surface area contributed by atoms with Gasteiger partial charge in [0.15, 0.2) is 0 Å². The molecule has 3 aromatic carbocycles. The fourth-order valence-electron chi connectivity index (χ4n) is 4.40. The molecule has 0 unspecified atom stereocenters. The van der Waals surface area contributed by atoms with Crippen molar-refractivity contribution in [3.63, 3.8) is 0 Å². The lowest BCUT2D eigenvalue weighted by Crippen LogP contribution is -2.31. The van der Waals surface area contributed by atoms with Gasteiger partial charge in [0.1, 0.15) is 18.5 Å². The highest BCUT2D eigenvalue weighted by atomic mass is 16.5. The van der Waals surface area contributed by atoms with Crippen LogP contribution >= 0.6 is 0 Å². The molecule has 154 valence electrons. The number of aryl methyl sites for hydroxylation is 2. The topological polar surface area (TPSA) is 108 Å². The Bertz CT molecular complexity index is 1470. The number of hydrogen-bond donors (Lipinski definition) is 3. The minimum atomic E-state index is -1.12. The fraction of sp³-hybridized carbons (Fsp3) is 0.125. The Balaban J connectivity index is 2.05. The number of phenolic OH excluding ortho intramolecular Hbond substituents is 1. The van der Waals surface area contributed by atoms with E-state index < -0.39 is 11.9 Å². The molecule has 0 spiro atoms. The molecule has 0 atom stereocenters. The van der Waals surface area contributed by atoms with E-state index in [2.05, 4.69) is 0 Å². The lowest BCUT2D eigenvalue weighted by molar-refractivity contribution is -0.617. The van der Waals surface area contributed by atoms with Gasteiger partial charge in [0.2, 0.25) is 11.0 Å². The summed E-state index contributed by atoms with van der Waals surface area (Å²) in [5, 5.41) is 31.0. The molecule has 0 aliphatic carbocycles. The monoisotopic (exact) mass is 416 g/mol. The molecule has 0 saturated heterocycles. The molecule has 1 aromatic heterocycles. The van der Waals surface area contributed by atoms with E-state index in [0.717, 1.165) is 5.52 Å². The summed E-state index contributed by atoms with van der Waals surface area (Å²) in [6.45, 7) is 1.47. The molecule has 7 nitrogen and oxygen atoms in total. The van der Waals surface area contributed by atoms with Gasteiger partial charge in [-0.1, -0.05) is 6.07 Å². The highest BCUT2D eigenvalue weighted by molar-refractivity contribution is 6.20. The van der Waals surface area contributed by atoms with Crippen LogP contribution in [0.5, 0.6) is 11.5 Å². The van der Waals surface area contributed by atoms with E-state index in [0.29, 0.717) is 38.5 Å². The Kier molecular flexibility index (Phi) is 4.00. The number of pyridine rings is 1. The van der Waals surface area contributed by atoms with Crippen LogP contribution in [0.25, 0.3) is 32.9 Å². The number of phenols is 1. The van der Waals surface area contributed by atoms with Crippen molar-refractivity contribution in [3.8, 4) is 22.6 Å². The van der Waals surface area contributed by atoms with Crippen LogP contribution in [0.1, 0.15) is 31.8 Å². The first-order valence-electron chi connectivity index (χ1n) is 9.63. The molecule has 1 aliphatic rings. The molecule has 2 heterocycles. The smallest absolute Gasteiger partial charge is 0.345 e. The maximum Gasteiger partial charge on any atom is 0.345 e. The highest BCUT2D eigenvalue weighted by Gasteiger charge is 2.33. The van der Waals surface area contributed by atoms with Crippen molar-refractivity contribution >= 4 is 33.7 Å². The third-order valence-electron chi connectivity index (χ3n) is 5.84. The Labute approximate surface area is 176 Å². The molecule has 31 heavy (non-hydrogen) atoms. The van der Waals surface area contributed by atoms with Crippen LogP contribution < -0.4 is 9.30 Å². The average molecular weight is 416 g/mol. The number of rotatable bonds is 2. The van der Waals surface area contributed by atoms with Crippen molar-refractivity contribution in [2.75, 3.05) is 0 Å². The normalized spacial score (nSPS) is 12.5. The molecule has 7 heteroatoms. The second kappa shape index (κ2) is 6.52. The van der Waals surface area contributed by atoms with Gasteiger partial charge in [0.05, 0.1) is 28.5 Å². The van der Waals surface area contributed by atoms with E-state index in [1.54, 1.807) is 25.1 Å². The maximum absolute atomic E-state index is 13.4. The van der Waals surface area contributed by atoms with Crippen molar-refractivity contribution in [2.24, 2.45) is 7.05 Å². The van der Waals surface area contributed by atoms with Crippen molar-refractivity contribution in [2.45, 2.75) is 13.5 Å². The van der Waals surface area contributed by atoms with Crippen LogP contribution in [0.2, 0.25) is 0 Å². The number of carboxylic acids is 1. The number of aliphatic hydroxyl groups excluding tert-OH is 1. The molecule has 0 amide bonds. The molecule has 0 fully saturated rings. The van der Waals surface area contributed by atoms with Crippen LogP contribution in [-0.2, 0) is 13.7 Å². The lowest BCUT2D eigenvalue weighted by Gasteiger charge is -2.13. The number of hydrogen-bond acceptors (Lipinski definition) is 5. The van der Waals surface area contributed by atoms with Crippen LogP contribution in [0.15, 0.2) is 42.5 Å². The summed E-state index contributed by atoms with van der Waals surface area (Å²) in [5.74, 6) is -1.61. The first-order chi connectivity index (χ1) is 14.8. The summed E-state index contributed by atoms with van der Waals surface area (Å²) in [4.78, 5) is 25.0. The van der Waals surface area contributed by atoms with Gasteiger partial charge >= 0.3 is 11.9 Å². The molecular formula is C24H18NO6+. The lowest BCUT2D eigenvalue weighted by atomic mass is 9.91. The zero-order valence-electron chi connectivity index (χ0n) is 16.8. The summed E-state index contributed by atoms with van der Waals surface area (Å²) >= 11 is 0. The molecule has 5 rings (SSSR count). The van der Waals surface area contributed by atoms with Gasteiger partial charge < -0.3 is 20.1 Å². The second-order valence-corrected chi connectivity index (χ2v) is 7.66. The summed E-state index contributed by atoms with van der Waals surface area (Å²) in [5.41, 5.74) is 3.49. The van der Waals surface area contributed by atoms with Gasteiger partial charge in [-0.2, -0.15) is 4.57 Å². The SMILES string of the molecule is Cc1cc(C(=O)O)cc2c1OC(=O)c1c3cc(CO)ccc3[n+](C)c3ccc(O)c-2c13. The first-order valence-corrected chi connectivity index (χ1v) is 9.63. The minimum Gasteiger partial charge on any atom is -0.507 e. The minimum absolute atomic E-state index is 0.0277. The van der Waals surface area contributed by atoms with Crippen molar-refractivity contribution < 1.29 is 34.2 Å². The predicted octanol–water partition coefficient (Wildman–Crippen LogP) is 3.22. The number of nitrogens with zero attached hydrogens (tertiary/aromatic N) is 1. The van der Waals surface area contributed by atoms with Crippen LogP contribution in [0, 0.1) is 6.92 Å². The largest absolute Gasteiger partial charge is 0.507 e. The predicted molar refractivity (Wildman–Crippen MR) is 112 cm³/mol. The van der Waals surface area contributed by atoms with Gasteiger partial charge in [-0.05, 0) is 42.3 Å². The number of aromatic nitrogens is 1. The molecule has 0 saturated carbocycles. The number of fused-ring (bicyclic) bond motifs is 4. The van der Waals surface area contributed by atoms with Gasteiger partial charge in [0, 0.05) is 23.3 Å². The van der Waals surface area contributed by atoms with Crippen molar-refractivity contribution in [3.05, 3.63) is 64.7 Å². The molecule has 0 bridgehead atoms. The summed E-state index contributed by atoms with van der Waals surface area (Å²) in [7, 11) is 1.84. The zero-order chi connectivity index (χ0) is 22.0. The van der Waals surface area contributed by atoms with E-state index in [9.17, 15) is 24.9 Å². The van der Waals surface area contributed by atoms with Gasteiger partial charge in [0.25, 0.3) is 0 Å². The number of carbonyl (C=O) groups is 2. The molecule has 4 aromatic rings. The van der Waals surface area contributed by atoms with Crippen LogP contribution in [0.3, 0.4) is 0 Å². The molecule has 0 radical (unpaired) electrons. The Morgan fingerprint density at radius 2 is 1.81 bits per heavy atom. The third kappa shape index (κ3) is 2.60. The van der Waals surface area contributed by atoms with Gasteiger partial charge in [-0.15, -0.1) is 0 Å². The Hall–Kier alpha value is -3.97. The summed E-state index contributed by atoms with van der Waals surface area (Å²) < 4.78 is 7.65. The van der Waals surface area contributed by atoms with E-state index >= 15 is 0 Å². The number of benzene rings is 3. The fourth-order valence-corrected chi connectivity index (χ4v) is 4.40. The Morgan fingerprint density at radius 3 is 2.52 bits per heavy atom. The number of carbonyl (C=O) groups excluding carboxylic acids is 1. The molecule has 3 N–H and O–H groups in total. The summed E-state index contributed by atoms with van der Waals surface area (Å²) in [6.07, 6.45) is 0. The summed E-state index contributed by atoms with van der Waals surface area (Å²) in [6, 6.07) is 11.4. The number of aromatic hydroxyl groups is 1. The number of esters is 1. The van der Waals surface area contributed by atoms with E-state index in [1.807, 2.05) is 17.7 Å². The standard InChI is InChI=1S/C24H17NO6/c1-11-7-13(23(28)29)9-15-19-18(27)6-5-17-21(19)20(24(30)31-22(11)15)14-8-12(10-26)3-4-16(14)25(17)2/h3-9,26H,10H2,1-2H3,(H-,27,28,29,30)/p+1. The Morgan fingerprint density at radius 1 is 1.06 bits per heavy atom. The quantitative estimate of drug-likeness (QED) is 0.200. The van der Waals surface area contributed by atoms with Crippen molar-refractivity contribution in [1.82, 2.24) is 0 Å². The number of aromatic carboxylic acids is 1. The van der Waals surface area contributed by atoms with Crippen molar-refractivity contribution in [1.29, 1.82) is 0 Å². The zero-order valence-corrected chi connectivity index (χ0v) is 16.8. The molecular weight excluding hydrogens is 398 g/mol. The van der Waals surface area contributed by atoms with E-state index in [-0.39, 0.29) is 29.2 Å². The number of carboxylic acid groups (broad SMARTS) is 1. The highest BCUT2D eigenvalue weighted by Crippen LogP contribution is 2.47.